The van der Waals surface area contributed by atoms with Crippen molar-refractivity contribution in [2.24, 2.45) is 0 Å². The Morgan fingerprint density at radius 1 is 1.48 bits per heavy atom. The van der Waals surface area contributed by atoms with E-state index in [2.05, 4.69) is 6.58 Å². The third-order valence-electron chi connectivity index (χ3n) is 3.37. The maximum Gasteiger partial charge on any atom is 0.408 e. The Labute approximate surface area is 133 Å². The van der Waals surface area contributed by atoms with Crippen LogP contribution in [0.3, 0.4) is 0 Å². The highest BCUT2D eigenvalue weighted by Gasteiger charge is 2.40. The summed E-state index contributed by atoms with van der Waals surface area (Å²) in [6.07, 6.45) is 0.212. The number of carbonyl (C=O) groups is 3. The van der Waals surface area contributed by atoms with Crippen molar-refractivity contribution in [1.82, 2.24) is 4.90 Å². The van der Waals surface area contributed by atoms with E-state index in [0.29, 0.717) is 11.3 Å². The van der Waals surface area contributed by atoms with Gasteiger partial charge in [0.25, 0.3) is 0 Å². The van der Waals surface area contributed by atoms with Crippen LogP contribution in [0.1, 0.15) is 28.9 Å². The average Bonchev–Trinajstić information content (AvgIpc) is 2.52. The highest BCUT2D eigenvalue weighted by molar-refractivity contribution is 6.04. The van der Waals surface area contributed by atoms with E-state index in [1.807, 2.05) is 0 Å². The molecule has 0 radical (unpaired) electrons. The number of carbonyl (C=O) groups excluding carboxylic acids is 2. The summed E-state index contributed by atoms with van der Waals surface area (Å²) in [5.74, 6) is -0.654. The molecule has 1 aliphatic rings. The molecule has 1 amide bonds. The number of amides is 1. The Kier molecular flexibility index (Phi) is 5.00. The standard InChI is InChI=1S/C16H17NO6/c1-3-7-23-10-5-6-11-12(8-10)13(18)9-17(16(20)21)14(11)15(19)22-4-2/h3,5-6,8,14H,1,4,7,9H2,2H3,(H,20,21). The second-order valence-corrected chi connectivity index (χ2v) is 4.84. The van der Waals surface area contributed by atoms with Gasteiger partial charge < -0.3 is 14.6 Å². The van der Waals surface area contributed by atoms with Crippen LogP contribution in [0.25, 0.3) is 0 Å². The minimum atomic E-state index is -1.35. The van der Waals surface area contributed by atoms with Crippen molar-refractivity contribution >= 4 is 17.8 Å². The molecule has 7 nitrogen and oxygen atoms in total. The van der Waals surface area contributed by atoms with Gasteiger partial charge in [-0.2, -0.15) is 0 Å². The molecule has 1 heterocycles. The molecule has 0 bridgehead atoms. The van der Waals surface area contributed by atoms with E-state index in [1.54, 1.807) is 19.1 Å². The fourth-order valence-corrected chi connectivity index (χ4v) is 2.41. The average molecular weight is 319 g/mol. The van der Waals surface area contributed by atoms with Crippen LogP contribution >= 0.6 is 0 Å². The predicted octanol–water partition coefficient (Wildman–Crippen LogP) is 2.03. The van der Waals surface area contributed by atoms with Gasteiger partial charge in [0.15, 0.2) is 11.8 Å². The van der Waals surface area contributed by atoms with Gasteiger partial charge in [0.1, 0.15) is 12.4 Å². The lowest BCUT2D eigenvalue weighted by atomic mass is 9.91. The number of carboxylic acid groups (broad SMARTS) is 1. The van der Waals surface area contributed by atoms with Gasteiger partial charge in [-0.1, -0.05) is 18.7 Å². The Bertz CT molecular complexity index is 654. The van der Waals surface area contributed by atoms with Gasteiger partial charge in [-0.25, -0.2) is 9.59 Å². The van der Waals surface area contributed by atoms with Crippen LogP contribution < -0.4 is 4.74 Å². The Hall–Kier alpha value is -2.83. The molecule has 122 valence electrons. The van der Waals surface area contributed by atoms with Crippen LogP contribution in [0.15, 0.2) is 30.9 Å². The summed E-state index contributed by atoms with van der Waals surface area (Å²) in [5.41, 5.74) is 0.565. The van der Waals surface area contributed by atoms with E-state index in [-0.39, 0.29) is 18.8 Å². The van der Waals surface area contributed by atoms with Crippen molar-refractivity contribution in [3.05, 3.63) is 42.0 Å². The second-order valence-electron chi connectivity index (χ2n) is 4.84. The van der Waals surface area contributed by atoms with Gasteiger partial charge in [-0.15, -0.1) is 0 Å². The number of hydrogen-bond acceptors (Lipinski definition) is 5. The highest BCUT2D eigenvalue weighted by atomic mass is 16.5. The molecule has 2 rings (SSSR count). The zero-order chi connectivity index (χ0) is 17.0. The summed E-state index contributed by atoms with van der Waals surface area (Å²) in [6.45, 7) is 5.15. The first-order chi connectivity index (χ1) is 11.0. The predicted molar refractivity (Wildman–Crippen MR) is 80.6 cm³/mol. The molecule has 0 saturated carbocycles. The maximum absolute atomic E-state index is 12.2. The molecular formula is C16H17NO6. The number of esters is 1. The quantitative estimate of drug-likeness (QED) is 0.659. The molecule has 0 fully saturated rings. The van der Waals surface area contributed by atoms with Gasteiger partial charge in [-0.05, 0) is 24.6 Å². The topological polar surface area (TPSA) is 93.1 Å². The molecular weight excluding hydrogens is 302 g/mol. The number of ether oxygens (including phenoxy) is 2. The molecule has 0 spiro atoms. The fourth-order valence-electron chi connectivity index (χ4n) is 2.41. The Morgan fingerprint density at radius 3 is 2.83 bits per heavy atom. The summed E-state index contributed by atoms with van der Waals surface area (Å²) in [5, 5.41) is 9.27. The van der Waals surface area contributed by atoms with Gasteiger partial charge in [0, 0.05) is 5.56 Å². The molecule has 0 aliphatic carbocycles. The van der Waals surface area contributed by atoms with Crippen LogP contribution in [-0.2, 0) is 9.53 Å². The number of rotatable bonds is 5. The summed E-state index contributed by atoms with van der Waals surface area (Å²) in [7, 11) is 0. The number of fused-ring (bicyclic) bond motifs is 1. The third kappa shape index (κ3) is 3.33. The summed E-state index contributed by atoms with van der Waals surface area (Å²) < 4.78 is 10.3. The molecule has 1 unspecified atom stereocenters. The molecule has 0 aromatic heterocycles. The Balaban J connectivity index is 2.46. The number of ketones is 1. The minimum Gasteiger partial charge on any atom is -0.490 e. The molecule has 1 aliphatic heterocycles. The zero-order valence-corrected chi connectivity index (χ0v) is 12.7. The van der Waals surface area contributed by atoms with Gasteiger partial charge in [0.2, 0.25) is 0 Å². The van der Waals surface area contributed by atoms with Gasteiger partial charge >= 0.3 is 12.1 Å². The highest BCUT2D eigenvalue weighted by Crippen LogP contribution is 2.33. The molecule has 1 aromatic carbocycles. The van der Waals surface area contributed by atoms with E-state index < -0.39 is 30.4 Å². The zero-order valence-electron chi connectivity index (χ0n) is 12.7. The second kappa shape index (κ2) is 6.95. The summed E-state index contributed by atoms with van der Waals surface area (Å²) in [6, 6.07) is 3.44. The number of benzene rings is 1. The Morgan fingerprint density at radius 2 is 2.22 bits per heavy atom. The lowest BCUT2D eigenvalue weighted by molar-refractivity contribution is -0.149. The van der Waals surface area contributed by atoms with Crippen molar-refractivity contribution in [2.45, 2.75) is 13.0 Å². The first kappa shape index (κ1) is 16.5. The number of nitrogens with zero attached hydrogens (tertiary/aromatic N) is 1. The summed E-state index contributed by atoms with van der Waals surface area (Å²) in [4.78, 5) is 36.5. The number of Topliss-reactive ketones (excluding diaryl/α,β-unsaturated/α-hetero) is 1. The van der Waals surface area contributed by atoms with Crippen molar-refractivity contribution < 1.29 is 29.0 Å². The fraction of sp³-hybridized carbons (Fsp3) is 0.312. The normalized spacial score (nSPS) is 16.5. The lowest BCUT2D eigenvalue weighted by Crippen LogP contribution is -2.46. The lowest BCUT2D eigenvalue weighted by Gasteiger charge is -2.32. The van der Waals surface area contributed by atoms with Crippen LogP contribution in [-0.4, -0.2) is 47.6 Å². The molecule has 23 heavy (non-hydrogen) atoms. The van der Waals surface area contributed by atoms with Crippen molar-refractivity contribution in [2.75, 3.05) is 19.8 Å². The maximum atomic E-state index is 12.2. The molecule has 1 N–H and O–H groups in total. The smallest absolute Gasteiger partial charge is 0.408 e. The largest absolute Gasteiger partial charge is 0.490 e. The van der Waals surface area contributed by atoms with Crippen LogP contribution in [0.2, 0.25) is 0 Å². The first-order valence-electron chi connectivity index (χ1n) is 7.06. The SMILES string of the molecule is C=CCOc1ccc2c(c1)C(=O)CN(C(=O)O)C2C(=O)OCC. The molecule has 7 heteroatoms. The van der Waals surface area contributed by atoms with Crippen molar-refractivity contribution in [3.63, 3.8) is 0 Å². The van der Waals surface area contributed by atoms with Crippen LogP contribution in [0, 0.1) is 0 Å². The molecule has 1 atom stereocenters. The van der Waals surface area contributed by atoms with Gasteiger partial charge in [-0.3, -0.25) is 9.69 Å². The molecule has 1 aromatic rings. The van der Waals surface area contributed by atoms with E-state index in [9.17, 15) is 19.5 Å². The van der Waals surface area contributed by atoms with Gasteiger partial charge in [0.05, 0.1) is 13.2 Å². The van der Waals surface area contributed by atoms with E-state index in [0.717, 1.165) is 4.90 Å². The van der Waals surface area contributed by atoms with E-state index in [4.69, 9.17) is 9.47 Å². The van der Waals surface area contributed by atoms with Crippen LogP contribution in [0.4, 0.5) is 4.79 Å². The minimum absolute atomic E-state index is 0.118. The van der Waals surface area contributed by atoms with Crippen molar-refractivity contribution in [3.8, 4) is 5.75 Å². The van der Waals surface area contributed by atoms with E-state index >= 15 is 0 Å². The molecule has 0 saturated heterocycles. The van der Waals surface area contributed by atoms with Crippen molar-refractivity contribution in [1.29, 1.82) is 0 Å². The van der Waals surface area contributed by atoms with Crippen LogP contribution in [0.5, 0.6) is 5.75 Å². The first-order valence-corrected chi connectivity index (χ1v) is 7.06. The number of hydrogen-bond donors (Lipinski definition) is 1. The summed E-state index contributed by atoms with van der Waals surface area (Å²) >= 11 is 0. The van der Waals surface area contributed by atoms with E-state index in [1.165, 1.54) is 12.1 Å². The third-order valence-corrected chi connectivity index (χ3v) is 3.37. The monoisotopic (exact) mass is 319 g/mol.